The number of pyridine rings is 1. The first-order chi connectivity index (χ1) is 13.1. The summed E-state index contributed by atoms with van der Waals surface area (Å²) in [7, 11) is 3.20. The summed E-state index contributed by atoms with van der Waals surface area (Å²) in [5, 5.41) is 14.0. The molecule has 3 aromatic rings. The molecule has 3 rings (SSSR count). The number of aromatic hydroxyl groups is 1. The molecule has 0 radical (unpaired) electrons. The topological polar surface area (TPSA) is 103 Å². The highest BCUT2D eigenvalue weighted by Crippen LogP contribution is 2.36. The van der Waals surface area contributed by atoms with Gasteiger partial charge in [0.2, 0.25) is 0 Å². The molecule has 0 bridgehead atoms. The highest BCUT2D eigenvalue weighted by Gasteiger charge is 2.25. The van der Waals surface area contributed by atoms with Gasteiger partial charge in [-0.25, -0.2) is 0 Å². The van der Waals surface area contributed by atoms with Crippen molar-refractivity contribution in [3.05, 3.63) is 54.6 Å². The molecule has 0 saturated carbocycles. The number of aryl methyl sites for hydroxylation is 1. The lowest BCUT2D eigenvalue weighted by Crippen LogP contribution is -2.23. The van der Waals surface area contributed by atoms with Crippen molar-refractivity contribution in [2.45, 2.75) is 6.92 Å². The Morgan fingerprint density at radius 3 is 2.54 bits per heavy atom. The molecule has 1 aromatic carbocycles. The standard InChI is InChI=1S/C18H15Cl2N3O4S/c1-7-11-13(24)12(15(25)21-10-5-4-8(19)6-9(10)20)16(26)22-17(11)28-14(7)18(27)23(2)3/h4-6H,1-3H3,(H,21,25)(H2,22,24,26). The minimum Gasteiger partial charge on any atom is -0.506 e. The molecule has 28 heavy (non-hydrogen) atoms. The van der Waals surface area contributed by atoms with Gasteiger partial charge in [-0.2, -0.15) is 0 Å². The van der Waals surface area contributed by atoms with Gasteiger partial charge in [-0.15, -0.1) is 11.3 Å². The van der Waals surface area contributed by atoms with Crippen LogP contribution in [-0.4, -0.2) is 40.9 Å². The summed E-state index contributed by atoms with van der Waals surface area (Å²) in [6.07, 6.45) is 0. The number of aromatic nitrogens is 1. The first kappa shape index (κ1) is 20.2. The molecular formula is C18H15Cl2N3O4S. The third-order valence-corrected chi connectivity index (χ3v) is 5.82. The van der Waals surface area contributed by atoms with Crippen LogP contribution in [0.5, 0.6) is 5.75 Å². The monoisotopic (exact) mass is 439 g/mol. The van der Waals surface area contributed by atoms with E-state index in [2.05, 4.69) is 10.3 Å². The number of hydrogen-bond donors (Lipinski definition) is 3. The van der Waals surface area contributed by atoms with Crippen molar-refractivity contribution in [2.75, 3.05) is 19.4 Å². The van der Waals surface area contributed by atoms with Crippen LogP contribution in [0.1, 0.15) is 25.6 Å². The van der Waals surface area contributed by atoms with Crippen molar-refractivity contribution in [3.8, 4) is 5.75 Å². The van der Waals surface area contributed by atoms with Gasteiger partial charge in [0.1, 0.15) is 16.1 Å². The second-order valence-corrected chi connectivity index (χ2v) is 8.08. The number of aromatic amines is 1. The first-order valence-electron chi connectivity index (χ1n) is 7.98. The Kier molecular flexibility index (Phi) is 5.38. The SMILES string of the molecule is Cc1c(C(=O)N(C)C)sc2[nH]c(=O)c(C(=O)Nc3ccc(Cl)cc3Cl)c(O)c12. The number of benzene rings is 1. The number of rotatable bonds is 3. The van der Waals surface area contributed by atoms with E-state index >= 15 is 0 Å². The molecule has 0 aliphatic rings. The molecular weight excluding hydrogens is 425 g/mol. The Bertz CT molecular complexity index is 1180. The molecule has 0 aliphatic heterocycles. The lowest BCUT2D eigenvalue weighted by atomic mass is 10.1. The van der Waals surface area contributed by atoms with Crippen LogP contribution in [0, 0.1) is 6.92 Å². The Labute approximate surface area is 173 Å². The maximum Gasteiger partial charge on any atom is 0.265 e. The molecule has 7 nitrogen and oxygen atoms in total. The van der Waals surface area contributed by atoms with Crippen molar-refractivity contribution < 1.29 is 14.7 Å². The predicted molar refractivity (Wildman–Crippen MR) is 111 cm³/mol. The second kappa shape index (κ2) is 7.46. The fraction of sp³-hybridized carbons (Fsp3) is 0.167. The molecule has 10 heteroatoms. The fourth-order valence-electron chi connectivity index (χ4n) is 2.68. The Hall–Kier alpha value is -2.55. The fourth-order valence-corrected chi connectivity index (χ4v) is 4.36. The Morgan fingerprint density at radius 2 is 1.93 bits per heavy atom. The van der Waals surface area contributed by atoms with Crippen molar-refractivity contribution in [3.63, 3.8) is 0 Å². The van der Waals surface area contributed by atoms with Gasteiger partial charge >= 0.3 is 0 Å². The molecule has 0 spiro atoms. The first-order valence-corrected chi connectivity index (χ1v) is 9.55. The third-order valence-electron chi connectivity index (χ3n) is 4.08. The second-order valence-electron chi connectivity index (χ2n) is 6.22. The average Bonchev–Trinajstić information content (AvgIpc) is 2.93. The van der Waals surface area contributed by atoms with Gasteiger partial charge in [0.25, 0.3) is 17.4 Å². The van der Waals surface area contributed by atoms with E-state index in [1.54, 1.807) is 21.0 Å². The molecule has 0 unspecified atom stereocenters. The summed E-state index contributed by atoms with van der Waals surface area (Å²) in [5.41, 5.74) is -0.535. The smallest absolute Gasteiger partial charge is 0.265 e. The van der Waals surface area contributed by atoms with Crippen LogP contribution < -0.4 is 10.9 Å². The van der Waals surface area contributed by atoms with Gasteiger partial charge in [0, 0.05) is 19.1 Å². The third kappa shape index (κ3) is 3.46. The molecule has 2 amide bonds. The number of hydrogen-bond acceptors (Lipinski definition) is 5. The maximum atomic E-state index is 12.6. The Morgan fingerprint density at radius 1 is 1.25 bits per heavy atom. The van der Waals surface area contributed by atoms with Crippen LogP contribution in [0.3, 0.4) is 0 Å². The van der Waals surface area contributed by atoms with E-state index in [1.165, 1.54) is 23.1 Å². The van der Waals surface area contributed by atoms with Gasteiger partial charge in [0.15, 0.2) is 0 Å². The van der Waals surface area contributed by atoms with Gasteiger partial charge in [-0.05, 0) is 30.7 Å². The number of fused-ring (bicyclic) bond motifs is 1. The van der Waals surface area contributed by atoms with E-state index in [4.69, 9.17) is 23.2 Å². The van der Waals surface area contributed by atoms with Crippen LogP contribution >= 0.6 is 34.5 Å². The molecule has 146 valence electrons. The van der Waals surface area contributed by atoms with Crippen LogP contribution in [0.25, 0.3) is 10.2 Å². The van der Waals surface area contributed by atoms with Crippen LogP contribution in [0.2, 0.25) is 10.0 Å². The molecule has 0 aliphatic carbocycles. The van der Waals surface area contributed by atoms with Crippen molar-refractivity contribution in [1.82, 2.24) is 9.88 Å². The summed E-state index contributed by atoms with van der Waals surface area (Å²) < 4.78 is 0. The number of carbonyl (C=O) groups is 2. The van der Waals surface area contributed by atoms with Gasteiger partial charge < -0.3 is 20.3 Å². The number of carbonyl (C=O) groups excluding carboxylic acids is 2. The average molecular weight is 440 g/mol. The van der Waals surface area contributed by atoms with Crippen molar-refractivity contribution >= 4 is 62.3 Å². The van der Waals surface area contributed by atoms with Gasteiger partial charge in [-0.1, -0.05) is 23.2 Å². The van der Waals surface area contributed by atoms with E-state index in [0.717, 1.165) is 11.3 Å². The van der Waals surface area contributed by atoms with E-state index in [-0.39, 0.29) is 22.0 Å². The van der Waals surface area contributed by atoms with Crippen molar-refractivity contribution in [2.24, 2.45) is 0 Å². The van der Waals surface area contributed by atoms with E-state index in [1.807, 2.05) is 0 Å². The maximum absolute atomic E-state index is 12.6. The van der Waals surface area contributed by atoms with Crippen LogP contribution in [-0.2, 0) is 0 Å². The molecule has 3 N–H and O–H groups in total. The Balaban J connectivity index is 2.11. The lowest BCUT2D eigenvalue weighted by Gasteiger charge is -2.10. The number of nitrogens with one attached hydrogen (secondary N) is 2. The van der Waals surface area contributed by atoms with E-state index in [9.17, 15) is 19.5 Å². The summed E-state index contributed by atoms with van der Waals surface area (Å²) >= 11 is 12.9. The summed E-state index contributed by atoms with van der Waals surface area (Å²) in [6, 6.07) is 4.45. The normalized spacial score (nSPS) is 10.9. The zero-order valence-electron chi connectivity index (χ0n) is 15.0. The zero-order chi connectivity index (χ0) is 20.7. The number of halogens is 2. The quantitative estimate of drug-likeness (QED) is 0.576. The lowest BCUT2D eigenvalue weighted by molar-refractivity contribution is 0.0831. The molecule has 0 saturated heterocycles. The molecule has 2 aromatic heterocycles. The molecule has 2 heterocycles. The number of amides is 2. The minimum atomic E-state index is -0.837. The zero-order valence-corrected chi connectivity index (χ0v) is 17.3. The summed E-state index contributed by atoms with van der Waals surface area (Å²) in [6.45, 7) is 1.64. The highest BCUT2D eigenvalue weighted by molar-refractivity contribution is 7.20. The number of nitrogens with zero attached hydrogens (tertiary/aromatic N) is 1. The van der Waals surface area contributed by atoms with E-state index < -0.39 is 22.8 Å². The van der Waals surface area contributed by atoms with Crippen LogP contribution in [0.15, 0.2) is 23.0 Å². The minimum absolute atomic E-state index is 0.184. The van der Waals surface area contributed by atoms with E-state index in [0.29, 0.717) is 20.3 Å². The molecule has 0 atom stereocenters. The van der Waals surface area contributed by atoms with Gasteiger partial charge in [0.05, 0.1) is 21.0 Å². The summed E-state index contributed by atoms with van der Waals surface area (Å²) in [4.78, 5) is 42.0. The number of thiophene rings is 1. The highest BCUT2D eigenvalue weighted by atomic mass is 35.5. The largest absolute Gasteiger partial charge is 0.506 e. The number of H-pyrrole nitrogens is 1. The number of anilines is 1. The predicted octanol–water partition coefficient (Wildman–Crippen LogP) is 3.86. The van der Waals surface area contributed by atoms with Crippen molar-refractivity contribution in [1.29, 1.82) is 0 Å². The van der Waals surface area contributed by atoms with Gasteiger partial charge in [-0.3, -0.25) is 14.4 Å². The van der Waals surface area contributed by atoms with Crippen LogP contribution in [0.4, 0.5) is 5.69 Å². The summed E-state index contributed by atoms with van der Waals surface area (Å²) in [5.74, 6) is -1.60. The molecule has 0 fully saturated rings.